The number of carboxylic acids is 1. The van der Waals surface area contributed by atoms with Gasteiger partial charge in [0.15, 0.2) is 0 Å². The number of unbranched alkanes of at least 4 members (excludes halogenated alkanes) is 4. The minimum Gasteiger partial charge on any atom is -0.481 e. The zero-order chi connectivity index (χ0) is 37.6. The van der Waals surface area contributed by atoms with Gasteiger partial charge in [-0.25, -0.2) is 4.98 Å². The molecule has 0 amide bonds. The molecule has 0 unspecified atom stereocenters. The van der Waals surface area contributed by atoms with Crippen LogP contribution < -0.4 is 5.73 Å². The number of aryl methyl sites for hydroxylation is 2. The molecule has 0 bridgehead atoms. The van der Waals surface area contributed by atoms with Gasteiger partial charge in [0.25, 0.3) is 0 Å². The van der Waals surface area contributed by atoms with Gasteiger partial charge < -0.3 is 31.1 Å². The molecule has 1 aromatic carbocycles. The van der Waals surface area contributed by atoms with E-state index in [-0.39, 0.29) is 30.3 Å². The number of aliphatic carboxylic acids is 1. The minimum atomic E-state index is -1.03. The normalized spacial score (nSPS) is 25.4. The van der Waals surface area contributed by atoms with Gasteiger partial charge in [-0.3, -0.25) is 4.79 Å². The number of rotatable bonds is 22. The van der Waals surface area contributed by atoms with Crippen molar-refractivity contribution in [1.82, 2.24) is 9.97 Å². The number of anilines is 1. The molecular weight excluding hydrogens is 663 g/mol. The molecule has 0 radical (unpaired) electrons. The van der Waals surface area contributed by atoms with E-state index in [1.807, 2.05) is 18.2 Å². The quantitative estimate of drug-likeness (QED) is 0.0450. The van der Waals surface area contributed by atoms with Crippen LogP contribution in [-0.4, -0.2) is 54.2 Å². The summed E-state index contributed by atoms with van der Waals surface area (Å²) < 4.78 is 0. The summed E-state index contributed by atoms with van der Waals surface area (Å²) in [4.78, 5) is 20.1. The monoisotopic (exact) mass is 727 g/mol. The lowest BCUT2D eigenvalue weighted by Gasteiger charge is -2.32. The molecule has 2 aliphatic carbocycles. The van der Waals surface area contributed by atoms with Crippen molar-refractivity contribution in [3.8, 4) is 0 Å². The van der Waals surface area contributed by atoms with Gasteiger partial charge in [-0.1, -0.05) is 87.9 Å². The lowest BCUT2D eigenvalue weighted by molar-refractivity contribution is -0.146. The van der Waals surface area contributed by atoms with Gasteiger partial charge in [-0.15, -0.1) is 0 Å². The van der Waals surface area contributed by atoms with Gasteiger partial charge in [0.2, 0.25) is 0 Å². The third-order valence-corrected chi connectivity index (χ3v) is 12.2. The van der Waals surface area contributed by atoms with E-state index in [0.29, 0.717) is 43.8 Å². The number of aliphatic hydroxyl groups excluding tert-OH is 2. The van der Waals surface area contributed by atoms with Crippen LogP contribution in [0, 0.1) is 29.6 Å². The number of carboxylic acid groups (broad SMARTS) is 1. The van der Waals surface area contributed by atoms with Crippen molar-refractivity contribution in [3.63, 3.8) is 0 Å². The first-order valence-electron chi connectivity index (χ1n) is 20.5. The molecule has 2 aromatic heterocycles. The van der Waals surface area contributed by atoms with E-state index in [2.05, 4.69) is 65.4 Å². The molecular formula is C45H65N3O5. The molecule has 0 saturated heterocycles. The number of nitrogen functional groups attached to an aromatic ring is 1. The highest BCUT2D eigenvalue weighted by molar-refractivity contribution is 5.70. The average Bonchev–Trinajstić information content (AvgIpc) is 3.72. The minimum absolute atomic E-state index is 0.0291. The first kappa shape index (κ1) is 40.7. The van der Waals surface area contributed by atoms with Crippen molar-refractivity contribution in [1.29, 1.82) is 0 Å². The van der Waals surface area contributed by atoms with Gasteiger partial charge in [0.1, 0.15) is 5.82 Å². The van der Waals surface area contributed by atoms with Crippen molar-refractivity contribution >= 4 is 11.8 Å². The molecule has 53 heavy (non-hydrogen) atoms. The molecule has 8 nitrogen and oxygen atoms in total. The van der Waals surface area contributed by atoms with Gasteiger partial charge in [0.05, 0.1) is 23.7 Å². The molecule has 2 aliphatic rings. The Kier molecular flexibility index (Phi) is 15.6. The zero-order valence-corrected chi connectivity index (χ0v) is 31.9. The molecule has 7 N–H and O–H groups in total. The number of nitrogens with one attached hydrogen (secondary N) is 1. The smallest absolute Gasteiger partial charge is 0.309 e. The van der Waals surface area contributed by atoms with Crippen LogP contribution in [0.2, 0.25) is 0 Å². The fraction of sp³-hybridized carbons (Fsp3) is 0.600. The number of allylic oxidation sites excluding steroid dienone is 1. The second-order valence-electron chi connectivity index (χ2n) is 16.4. The van der Waals surface area contributed by atoms with Crippen LogP contribution in [0.4, 0.5) is 5.82 Å². The van der Waals surface area contributed by atoms with Crippen molar-refractivity contribution in [2.24, 2.45) is 29.6 Å². The number of H-pyrrole nitrogens is 1. The Bertz CT molecular complexity index is 1560. The van der Waals surface area contributed by atoms with Crippen molar-refractivity contribution in [2.45, 2.75) is 140 Å². The summed E-state index contributed by atoms with van der Waals surface area (Å²) in [6.07, 6.45) is 19.7. The van der Waals surface area contributed by atoms with Crippen molar-refractivity contribution < 1.29 is 25.2 Å². The van der Waals surface area contributed by atoms with Crippen LogP contribution in [0.25, 0.3) is 0 Å². The average molecular weight is 728 g/mol. The van der Waals surface area contributed by atoms with Crippen LogP contribution in [0.1, 0.15) is 119 Å². The fourth-order valence-electron chi connectivity index (χ4n) is 9.16. The summed E-state index contributed by atoms with van der Waals surface area (Å²) in [7, 11) is 0. The maximum Gasteiger partial charge on any atom is 0.309 e. The van der Waals surface area contributed by atoms with E-state index < -0.39 is 23.6 Å². The summed E-state index contributed by atoms with van der Waals surface area (Å²) in [6, 6.07) is 18.6. The maximum atomic E-state index is 12.3. The summed E-state index contributed by atoms with van der Waals surface area (Å²) in [5.41, 5.74) is 9.62. The van der Waals surface area contributed by atoms with E-state index in [0.717, 1.165) is 69.0 Å². The zero-order valence-electron chi connectivity index (χ0n) is 31.9. The summed E-state index contributed by atoms with van der Waals surface area (Å²) >= 11 is 0. The van der Waals surface area contributed by atoms with E-state index in [1.165, 1.54) is 30.5 Å². The molecule has 1 fully saturated rings. The van der Waals surface area contributed by atoms with E-state index >= 15 is 0 Å². The number of nitrogens with two attached hydrogens (primary N) is 1. The number of hydrogen-bond acceptors (Lipinski definition) is 6. The van der Waals surface area contributed by atoms with Crippen LogP contribution in [0.15, 0.2) is 72.9 Å². The number of aromatic amines is 1. The Balaban J connectivity index is 1.13. The second kappa shape index (κ2) is 20.3. The predicted molar refractivity (Wildman–Crippen MR) is 212 cm³/mol. The molecule has 0 aliphatic heterocycles. The van der Waals surface area contributed by atoms with Crippen molar-refractivity contribution in [2.75, 3.05) is 5.73 Å². The molecule has 5 rings (SSSR count). The van der Waals surface area contributed by atoms with E-state index in [9.17, 15) is 25.2 Å². The third-order valence-electron chi connectivity index (χ3n) is 12.2. The van der Waals surface area contributed by atoms with Crippen LogP contribution >= 0.6 is 0 Å². The number of nitrogens with zero attached hydrogens (tertiary/aromatic N) is 1. The Labute approximate surface area is 317 Å². The Hall–Kier alpha value is -3.46. The van der Waals surface area contributed by atoms with E-state index in [1.54, 1.807) is 6.20 Å². The van der Waals surface area contributed by atoms with E-state index in [4.69, 9.17) is 5.73 Å². The molecule has 8 atom stereocenters. The molecule has 8 heteroatoms. The second-order valence-corrected chi connectivity index (χ2v) is 16.4. The third kappa shape index (κ3) is 12.5. The number of carbonyl (C=O) groups is 1. The Morgan fingerprint density at radius 2 is 1.72 bits per heavy atom. The lowest BCUT2D eigenvalue weighted by Crippen LogP contribution is -2.37. The highest BCUT2D eigenvalue weighted by Gasteiger charge is 2.46. The van der Waals surface area contributed by atoms with Gasteiger partial charge >= 0.3 is 5.97 Å². The topological polar surface area (TPSA) is 153 Å². The molecule has 0 spiro atoms. The first-order valence-corrected chi connectivity index (χ1v) is 20.5. The number of aromatic nitrogens is 2. The standard InChI is InChI=1S/C45H65N3O5/c1-2-3-6-13-33-16-18-36(42(50)28-33)14-9-5-10-15-40(44(51)52)41(49)22-24-45(53)31-35(26-34-23-25-47-43(46)29-34)27-37(45)30-39-21-20-38(48-39)19-17-32-11-7-4-8-12-32/h4,7-8,11-12,16,18,20-21,23,25,29,33,35-37,40-42,48-50,53H,2-3,5-6,9-10,13-15,17,19,22,24,26-28,30-31H2,1H3,(H2,46,47)(H,51,52)/t33-,35-,36-,37+,40+,41-,42-,45+/m1/s1. The molecule has 2 heterocycles. The Morgan fingerprint density at radius 1 is 0.925 bits per heavy atom. The summed E-state index contributed by atoms with van der Waals surface area (Å²) in [5, 5.41) is 44.4. The Morgan fingerprint density at radius 3 is 2.47 bits per heavy atom. The fourth-order valence-corrected chi connectivity index (χ4v) is 9.16. The first-order chi connectivity index (χ1) is 25.6. The van der Waals surface area contributed by atoms with Crippen LogP contribution in [0.3, 0.4) is 0 Å². The lowest BCUT2D eigenvalue weighted by atomic mass is 9.80. The predicted octanol–water partition coefficient (Wildman–Crippen LogP) is 8.25. The van der Waals surface area contributed by atoms with Crippen LogP contribution in [-0.2, 0) is 30.5 Å². The molecule has 1 saturated carbocycles. The largest absolute Gasteiger partial charge is 0.481 e. The molecule has 290 valence electrons. The highest BCUT2D eigenvalue weighted by Crippen LogP contribution is 2.46. The van der Waals surface area contributed by atoms with Crippen molar-refractivity contribution in [3.05, 3.63) is 95.5 Å². The number of pyridine rings is 1. The van der Waals surface area contributed by atoms with Crippen LogP contribution in [0.5, 0.6) is 0 Å². The highest BCUT2D eigenvalue weighted by atomic mass is 16.4. The number of benzene rings is 1. The molecule has 3 aromatic rings. The van der Waals surface area contributed by atoms with Gasteiger partial charge in [-0.2, -0.15) is 0 Å². The number of aliphatic hydroxyl groups is 3. The SMILES string of the molecule is CCCCC[C@@H]1C=C[C@@H](CCCCC[C@H](C(=O)O)[C@H](O)CC[C@]2(O)C[C@H](Cc3ccnc(N)c3)C[C@H]2Cc2ccc(CCc3ccccc3)[nH]2)[C@H](O)C1. The summed E-state index contributed by atoms with van der Waals surface area (Å²) in [6.45, 7) is 2.21. The summed E-state index contributed by atoms with van der Waals surface area (Å²) in [5.74, 6) is -0.506. The number of hydrogen-bond donors (Lipinski definition) is 6. The van der Waals surface area contributed by atoms with Gasteiger partial charge in [-0.05, 0) is 130 Å². The van der Waals surface area contributed by atoms with Gasteiger partial charge in [0, 0.05) is 23.5 Å². The maximum absolute atomic E-state index is 12.3.